The Morgan fingerprint density at radius 3 is 2.36 bits per heavy atom. The average Bonchev–Trinajstić information content (AvgIpc) is 3.46. The molecule has 2 heterocycles. The van der Waals surface area contributed by atoms with Crippen molar-refractivity contribution in [2.24, 2.45) is 0 Å². The number of aromatic nitrogens is 2. The molecular weight excluding hydrogens is 555 g/mol. The maximum Gasteiger partial charge on any atom is 0.573 e. The van der Waals surface area contributed by atoms with Crippen LogP contribution >= 0.6 is 0 Å². The number of aryl methyl sites for hydroxylation is 1. The maximum absolute atomic E-state index is 12.7. The molecule has 2 N–H and O–H groups in total. The summed E-state index contributed by atoms with van der Waals surface area (Å²) in [6, 6.07) is 20.2. The third-order valence-electron chi connectivity index (χ3n) is 6.59. The molecule has 1 unspecified atom stereocenters. The molecule has 0 saturated carbocycles. The number of halogens is 3. The molecule has 1 aromatic heterocycles. The minimum atomic E-state index is -4.81. The van der Waals surface area contributed by atoms with Crippen LogP contribution < -0.4 is 19.1 Å². The van der Waals surface area contributed by atoms with E-state index in [9.17, 15) is 18.0 Å². The quantitative estimate of drug-likeness (QED) is 0.243. The van der Waals surface area contributed by atoms with Crippen molar-refractivity contribution >= 4 is 11.7 Å². The Morgan fingerprint density at radius 2 is 1.71 bits per heavy atom. The molecule has 0 bridgehead atoms. The van der Waals surface area contributed by atoms with E-state index in [1.54, 1.807) is 25.1 Å². The molecule has 12 heteroatoms. The van der Waals surface area contributed by atoms with E-state index in [0.29, 0.717) is 41.5 Å². The van der Waals surface area contributed by atoms with E-state index in [1.807, 2.05) is 30.3 Å². The number of carboxylic acids is 1. The lowest BCUT2D eigenvalue weighted by atomic mass is 10.0. The van der Waals surface area contributed by atoms with E-state index in [2.05, 4.69) is 19.8 Å². The molecule has 0 radical (unpaired) electrons. The number of benzene rings is 3. The van der Waals surface area contributed by atoms with Crippen LogP contribution in [0.25, 0.3) is 11.3 Å². The van der Waals surface area contributed by atoms with Gasteiger partial charge >= 0.3 is 12.3 Å². The summed E-state index contributed by atoms with van der Waals surface area (Å²) < 4.78 is 59.2. The number of aliphatic carboxylic acids is 1. The van der Waals surface area contributed by atoms with Crippen LogP contribution in [0.1, 0.15) is 22.9 Å². The smallest absolute Gasteiger partial charge is 0.482 e. The summed E-state index contributed by atoms with van der Waals surface area (Å²) in [5.41, 5.74) is 4.40. The molecule has 5 rings (SSSR count). The van der Waals surface area contributed by atoms with Crippen LogP contribution in [0, 0.1) is 6.92 Å². The van der Waals surface area contributed by atoms with Gasteiger partial charge in [-0.3, -0.25) is 5.10 Å². The fraction of sp³-hybridized carbons (Fsp3) is 0.267. The first kappa shape index (κ1) is 28.8. The molecule has 9 nitrogen and oxygen atoms in total. The number of nitrogens with zero attached hydrogens (tertiary/aromatic N) is 2. The normalized spacial score (nSPS) is 14.3. The maximum atomic E-state index is 12.7. The summed E-state index contributed by atoms with van der Waals surface area (Å²) in [5.74, 6) is -0.644. The van der Waals surface area contributed by atoms with Crippen molar-refractivity contribution in [3.8, 4) is 28.5 Å². The molecule has 0 aliphatic carbocycles. The molecule has 1 saturated heterocycles. The van der Waals surface area contributed by atoms with Crippen molar-refractivity contribution in [1.29, 1.82) is 0 Å². The van der Waals surface area contributed by atoms with Crippen molar-refractivity contribution in [3.05, 3.63) is 89.6 Å². The molecule has 0 amide bonds. The lowest BCUT2D eigenvalue weighted by Gasteiger charge is -2.28. The van der Waals surface area contributed by atoms with E-state index in [1.165, 1.54) is 24.3 Å². The summed E-state index contributed by atoms with van der Waals surface area (Å²) in [6.45, 7) is 4.29. The van der Waals surface area contributed by atoms with E-state index in [4.69, 9.17) is 19.3 Å². The molecule has 4 aromatic rings. The summed E-state index contributed by atoms with van der Waals surface area (Å²) >= 11 is 0. The average molecular weight is 584 g/mol. The highest BCUT2D eigenvalue weighted by Crippen LogP contribution is 2.34. The number of carbonyl (C=O) groups is 1. The van der Waals surface area contributed by atoms with Gasteiger partial charge in [0, 0.05) is 18.8 Å². The van der Waals surface area contributed by atoms with Gasteiger partial charge in [-0.25, -0.2) is 4.79 Å². The molecule has 1 fully saturated rings. The van der Waals surface area contributed by atoms with Crippen LogP contribution in [0.3, 0.4) is 0 Å². The minimum Gasteiger partial charge on any atom is -0.482 e. The Labute approximate surface area is 239 Å². The number of alkyl halides is 3. The Morgan fingerprint density at radius 1 is 1.02 bits per heavy atom. The Hall–Kier alpha value is -4.71. The molecule has 1 atom stereocenters. The highest BCUT2D eigenvalue weighted by Gasteiger charge is 2.31. The van der Waals surface area contributed by atoms with Gasteiger partial charge in [0.2, 0.25) is 0 Å². The van der Waals surface area contributed by atoms with Gasteiger partial charge in [0.1, 0.15) is 22.9 Å². The number of rotatable bonds is 10. The van der Waals surface area contributed by atoms with Crippen LogP contribution in [0.5, 0.6) is 17.2 Å². The number of aromatic amines is 1. The second-order valence-corrected chi connectivity index (χ2v) is 9.58. The Bertz CT molecular complexity index is 1500. The minimum absolute atomic E-state index is 0.358. The van der Waals surface area contributed by atoms with Gasteiger partial charge in [-0.05, 0) is 72.1 Å². The highest BCUT2D eigenvalue weighted by molar-refractivity contribution is 5.68. The van der Waals surface area contributed by atoms with Crippen molar-refractivity contribution < 1.29 is 42.0 Å². The topological polar surface area (TPSA) is 106 Å². The molecule has 0 spiro atoms. The van der Waals surface area contributed by atoms with Gasteiger partial charge in [-0.15, -0.1) is 13.2 Å². The summed E-state index contributed by atoms with van der Waals surface area (Å²) in [4.78, 5) is 13.1. The molecule has 42 heavy (non-hydrogen) atoms. The van der Waals surface area contributed by atoms with Crippen LogP contribution in [0.15, 0.2) is 72.8 Å². The third-order valence-corrected chi connectivity index (χ3v) is 6.59. The zero-order chi connectivity index (χ0) is 29.7. The predicted molar refractivity (Wildman–Crippen MR) is 147 cm³/mol. The summed E-state index contributed by atoms with van der Waals surface area (Å²) in [7, 11) is 0. The first-order valence-corrected chi connectivity index (χ1v) is 13.1. The van der Waals surface area contributed by atoms with Gasteiger partial charge in [0.15, 0.2) is 12.7 Å². The van der Waals surface area contributed by atoms with Gasteiger partial charge in [0.25, 0.3) is 0 Å². The van der Waals surface area contributed by atoms with Gasteiger partial charge < -0.3 is 29.0 Å². The highest BCUT2D eigenvalue weighted by atomic mass is 19.4. The SMILES string of the molecule is Cc1cc(OC(c2ccc(OC(F)(F)F)cc2)c2cc(-c3ccc(N4CCOCC4)cc3)[nH]n2)ccc1OCC(=O)O. The molecule has 3 aromatic carbocycles. The van der Waals surface area contributed by atoms with E-state index < -0.39 is 25.0 Å². The van der Waals surface area contributed by atoms with Crippen molar-refractivity contribution in [2.75, 3.05) is 37.8 Å². The standard InChI is InChI=1S/C30H28F3N3O6/c1-19-16-24(10-11-27(19)40-18-28(37)38)41-29(21-4-8-23(9-5-21)42-30(31,32)33)26-17-25(34-35-26)20-2-6-22(7-3-20)36-12-14-39-15-13-36/h2-11,16-17,29H,12-15,18H2,1H3,(H,34,35)(H,37,38). The number of ether oxygens (including phenoxy) is 4. The molecule has 220 valence electrons. The fourth-order valence-electron chi connectivity index (χ4n) is 4.57. The zero-order valence-corrected chi connectivity index (χ0v) is 22.6. The van der Waals surface area contributed by atoms with Crippen LogP contribution in [-0.4, -0.2) is 60.5 Å². The summed E-state index contributed by atoms with van der Waals surface area (Å²) in [5, 5.41) is 16.4. The third kappa shape index (κ3) is 7.32. The fourth-order valence-corrected chi connectivity index (χ4v) is 4.57. The Kier molecular flexibility index (Phi) is 8.53. The Balaban J connectivity index is 1.41. The number of carboxylic acid groups (broad SMARTS) is 1. The second kappa shape index (κ2) is 12.4. The predicted octanol–water partition coefficient (Wildman–Crippen LogP) is 5.75. The first-order chi connectivity index (χ1) is 20.1. The second-order valence-electron chi connectivity index (χ2n) is 9.58. The number of anilines is 1. The lowest BCUT2D eigenvalue weighted by molar-refractivity contribution is -0.274. The number of nitrogens with one attached hydrogen (secondary N) is 1. The molecule has 1 aliphatic rings. The van der Waals surface area contributed by atoms with Gasteiger partial charge in [0.05, 0.1) is 18.9 Å². The summed E-state index contributed by atoms with van der Waals surface area (Å²) in [6.07, 6.45) is -5.61. The zero-order valence-electron chi connectivity index (χ0n) is 22.6. The molecular formula is C30H28F3N3O6. The number of H-pyrrole nitrogens is 1. The number of hydrogen-bond acceptors (Lipinski definition) is 7. The van der Waals surface area contributed by atoms with Crippen LogP contribution in [0.4, 0.5) is 18.9 Å². The van der Waals surface area contributed by atoms with Crippen molar-refractivity contribution in [3.63, 3.8) is 0 Å². The van der Waals surface area contributed by atoms with Crippen molar-refractivity contribution in [2.45, 2.75) is 19.4 Å². The monoisotopic (exact) mass is 583 g/mol. The molecule has 1 aliphatic heterocycles. The van der Waals surface area contributed by atoms with Crippen LogP contribution in [0.2, 0.25) is 0 Å². The lowest BCUT2D eigenvalue weighted by Crippen LogP contribution is -2.36. The van der Waals surface area contributed by atoms with Gasteiger partial charge in [-0.2, -0.15) is 5.10 Å². The van der Waals surface area contributed by atoms with E-state index in [-0.39, 0.29) is 5.75 Å². The van der Waals surface area contributed by atoms with Crippen LogP contribution in [-0.2, 0) is 9.53 Å². The largest absolute Gasteiger partial charge is 0.573 e. The van der Waals surface area contributed by atoms with E-state index >= 15 is 0 Å². The number of morpholine rings is 1. The first-order valence-electron chi connectivity index (χ1n) is 13.1. The van der Waals surface area contributed by atoms with Crippen molar-refractivity contribution in [1.82, 2.24) is 10.2 Å². The number of hydrogen-bond donors (Lipinski definition) is 2. The van der Waals surface area contributed by atoms with E-state index in [0.717, 1.165) is 30.0 Å². The van der Waals surface area contributed by atoms with Gasteiger partial charge in [-0.1, -0.05) is 24.3 Å².